The van der Waals surface area contributed by atoms with Crippen LogP contribution in [0, 0.1) is 5.92 Å². The first-order chi connectivity index (χ1) is 20.8. The number of aryl methyl sites for hydroxylation is 1. The van der Waals surface area contributed by atoms with Crippen molar-refractivity contribution in [1.82, 2.24) is 24.8 Å². The van der Waals surface area contributed by atoms with E-state index in [1.807, 2.05) is 12.4 Å². The fourth-order valence-electron chi connectivity index (χ4n) is 6.43. The van der Waals surface area contributed by atoms with E-state index in [0.717, 1.165) is 104 Å². The molecule has 3 N–H and O–H groups in total. The first-order valence-corrected chi connectivity index (χ1v) is 16.0. The number of likely N-dealkylation sites (N-methyl/N-ethyl adjacent to an activating group) is 1. The molecule has 1 aliphatic carbocycles. The van der Waals surface area contributed by atoms with Gasteiger partial charge in [0.25, 0.3) is 0 Å². The SMILES string of the molecule is C=CN(CCC(C)N1CCN(C)CC1)c1ccc(-c2cnc(N)c3nc(CC)c(NC4CCC(C)CC4)nc23)cc1OC. The molecule has 1 aliphatic heterocycles. The molecule has 0 spiro atoms. The number of rotatable bonds is 11. The van der Waals surface area contributed by atoms with Gasteiger partial charge in [0.1, 0.15) is 22.6 Å². The Balaban J connectivity index is 1.41. The molecule has 3 aromatic rings. The predicted molar refractivity (Wildman–Crippen MR) is 179 cm³/mol. The summed E-state index contributed by atoms with van der Waals surface area (Å²) >= 11 is 0. The minimum atomic E-state index is 0.398. The lowest BCUT2D eigenvalue weighted by Crippen LogP contribution is -2.48. The topological polar surface area (TPSA) is 95.7 Å². The molecular formula is C34H50N8O. The summed E-state index contributed by atoms with van der Waals surface area (Å²) in [5.41, 5.74) is 11.5. The lowest BCUT2D eigenvalue weighted by Gasteiger charge is -2.37. The molecule has 232 valence electrons. The Hall–Kier alpha value is -3.43. The number of nitrogens with two attached hydrogens (primary N) is 1. The first kappa shape index (κ1) is 31.0. The zero-order chi connectivity index (χ0) is 30.5. The molecule has 3 heterocycles. The molecule has 43 heavy (non-hydrogen) atoms. The number of piperazine rings is 1. The minimum absolute atomic E-state index is 0.398. The van der Waals surface area contributed by atoms with Crippen LogP contribution in [0.15, 0.2) is 37.2 Å². The van der Waals surface area contributed by atoms with Crippen LogP contribution in [-0.2, 0) is 6.42 Å². The molecule has 0 radical (unpaired) electrons. The average Bonchev–Trinajstić information content (AvgIpc) is 3.02. The quantitative estimate of drug-likeness (QED) is 0.289. The van der Waals surface area contributed by atoms with E-state index in [0.29, 0.717) is 23.4 Å². The number of nitrogens with one attached hydrogen (secondary N) is 1. The van der Waals surface area contributed by atoms with Crippen molar-refractivity contribution in [3.63, 3.8) is 0 Å². The van der Waals surface area contributed by atoms with E-state index in [9.17, 15) is 0 Å². The van der Waals surface area contributed by atoms with Gasteiger partial charge in [-0.2, -0.15) is 0 Å². The van der Waals surface area contributed by atoms with E-state index in [4.69, 9.17) is 20.4 Å². The molecule has 9 nitrogen and oxygen atoms in total. The molecule has 9 heteroatoms. The highest BCUT2D eigenvalue weighted by Crippen LogP contribution is 2.37. The molecular weight excluding hydrogens is 536 g/mol. The van der Waals surface area contributed by atoms with E-state index < -0.39 is 0 Å². The summed E-state index contributed by atoms with van der Waals surface area (Å²) in [5, 5.41) is 3.73. The Kier molecular flexibility index (Phi) is 10.0. The fraction of sp³-hybridized carbons (Fsp3) is 0.559. The standard InChI is InChI=1S/C34H50N8O/c1-7-28-34(37-26-12-9-23(3)10-13-26)39-31-27(22-36-33(35)32(31)38-28)25-11-14-29(30(21-25)43-6)41(8-2)16-15-24(4)42-19-17-40(5)18-20-42/h8,11,14,21-24,26H,2,7,9-10,12-13,15-20H2,1,3-6H3,(H2,35,36)(H,37,39). The van der Waals surface area contributed by atoms with Crippen molar-refractivity contribution in [2.75, 3.05) is 62.8 Å². The predicted octanol–water partition coefficient (Wildman–Crippen LogP) is 5.81. The third-order valence-corrected chi connectivity index (χ3v) is 9.46. The lowest BCUT2D eigenvalue weighted by molar-refractivity contribution is 0.115. The van der Waals surface area contributed by atoms with Crippen LogP contribution >= 0.6 is 0 Å². The Morgan fingerprint density at radius 1 is 1.14 bits per heavy atom. The van der Waals surface area contributed by atoms with Crippen molar-refractivity contribution < 1.29 is 4.74 Å². The molecule has 1 saturated heterocycles. The van der Waals surface area contributed by atoms with Crippen LogP contribution < -0.4 is 20.7 Å². The molecule has 1 aromatic carbocycles. The third-order valence-electron chi connectivity index (χ3n) is 9.46. The largest absolute Gasteiger partial charge is 0.495 e. The van der Waals surface area contributed by atoms with Gasteiger partial charge >= 0.3 is 0 Å². The highest BCUT2D eigenvalue weighted by molar-refractivity contribution is 5.97. The number of hydrogen-bond donors (Lipinski definition) is 2. The number of aromatic nitrogens is 3. The van der Waals surface area contributed by atoms with Crippen molar-refractivity contribution in [2.45, 2.75) is 71.4 Å². The van der Waals surface area contributed by atoms with E-state index >= 15 is 0 Å². The zero-order valence-corrected chi connectivity index (χ0v) is 26.8. The molecule has 2 aromatic heterocycles. The Morgan fingerprint density at radius 2 is 1.88 bits per heavy atom. The molecule has 2 aliphatic rings. The summed E-state index contributed by atoms with van der Waals surface area (Å²) in [6.45, 7) is 16.3. The summed E-state index contributed by atoms with van der Waals surface area (Å²) < 4.78 is 5.93. The second kappa shape index (κ2) is 13.9. The summed E-state index contributed by atoms with van der Waals surface area (Å²) in [6, 6.07) is 7.19. The first-order valence-electron chi connectivity index (χ1n) is 16.0. The zero-order valence-electron chi connectivity index (χ0n) is 26.8. The van der Waals surface area contributed by atoms with Crippen LogP contribution in [0.5, 0.6) is 5.75 Å². The van der Waals surface area contributed by atoms with Gasteiger partial charge in [0.05, 0.1) is 18.5 Å². The van der Waals surface area contributed by atoms with Crippen LogP contribution in [0.4, 0.5) is 17.3 Å². The number of pyridine rings is 1. The van der Waals surface area contributed by atoms with Crippen LogP contribution in [0.1, 0.15) is 58.6 Å². The van der Waals surface area contributed by atoms with Crippen molar-refractivity contribution >= 4 is 28.4 Å². The lowest BCUT2D eigenvalue weighted by atomic mass is 9.87. The van der Waals surface area contributed by atoms with Crippen LogP contribution in [-0.4, -0.2) is 83.7 Å². The highest BCUT2D eigenvalue weighted by Gasteiger charge is 2.23. The molecule has 1 saturated carbocycles. The van der Waals surface area contributed by atoms with E-state index in [1.54, 1.807) is 7.11 Å². The second-order valence-electron chi connectivity index (χ2n) is 12.5. The van der Waals surface area contributed by atoms with Gasteiger partial charge in [0.2, 0.25) is 0 Å². The van der Waals surface area contributed by atoms with Crippen LogP contribution in [0.2, 0.25) is 0 Å². The average molecular weight is 587 g/mol. The Morgan fingerprint density at radius 3 is 2.56 bits per heavy atom. The monoisotopic (exact) mass is 586 g/mol. The van der Waals surface area contributed by atoms with E-state index in [-0.39, 0.29) is 0 Å². The van der Waals surface area contributed by atoms with Gasteiger partial charge in [-0.3, -0.25) is 4.90 Å². The van der Waals surface area contributed by atoms with Crippen LogP contribution in [0.25, 0.3) is 22.2 Å². The van der Waals surface area contributed by atoms with Crippen molar-refractivity contribution in [2.24, 2.45) is 5.92 Å². The summed E-state index contributed by atoms with van der Waals surface area (Å²) in [4.78, 5) is 21.8. The summed E-state index contributed by atoms with van der Waals surface area (Å²) in [7, 11) is 3.92. The molecule has 0 amide bonds. The van der Waals surface area contributed by atoms with Gasteiger partial charge in [0.15, 0.2) is 5.82 Å². The number of methoxy groups -OCH3 is 1. The van der Waals surface area contributed by atoms with Gasteiger partial charge in [-0.05, 0) is 82.3 Å². The Labute approximate surface area is 257 Å². The van der Waals surface area contributed by atoms with E-state index in [1.165, 1.54) is 12.8 Å². The number of nitrogen functional groups attached to an aromatic ring is 1. The van der Waals surface area contributed by atoms with Crippen molar-refractivity contribution in [3.05, 3.63) is 42.9 Å². The van der Waals surface area contributed by atoms with Gasteiger partial charge in [0, 0.05) is 56.6 Å². The highest BCUT2D eigenvalue weighted by atomic mass is 16.5. The third kappa shape index (κ3) is 7.04. The second-order valence-corrected chi connectivity index (χ2v) is 12.5. The minimum Gasteiger partial charge on any atom is -0.495 e. The smallest absolute Gasteiger partial charge is 0.151 e. The number of fused-ring (bicyclic) bond motifs is 1. The van der Waals surface area contributed by atoms with Gasteiger partial charge < -0.3 is 25.6 Å². The van der Waals surface area contributed by atoms with Gasteiger partial charge in [-0.15, -0.1) is 0 Å². The number of benzene rings is 1. The maximum absolute atomic E-state index is 6.35. The maximum atomic E-state index is 6.35. The number of ether oxygens (including phenoxy) is 1. The number of hydrogen-bond acceptors (Lipinski definition) is 9. The van der Waals surface area contributed by atoms with Crippen molar-refractivity contribution in [1.29, 1.82) is 0 Å². The van der Waals surface area contributed by atoms with Gasteiger partial charge in [-0.1, -0.05) is 26.5 Å². The number of nitrogens with zero attached hydrogens (tertiary/aromatic N) is 6. The van der Waals surface area contributed by atoms with Crippen molar-refractivity contribution in [3.8, 4) is 16.9 Å². The number of anilines is 3. The molecule has 1 atom stereocenters. The molecule has 2 fully saturated rings. The fourth-order valence-corrected chi connectivity index (χ4v) is 6.43. The van der Waals surface area contributed by atoms with Gasteiger partial charge in [-0.25, -0.2) is 15.0 Å². The normalized spacial score (nSPS) is 20.6. The maximum Gasteiger partial charge on any atom is 0.151 e. The molecule has 0 bridgehead atoms. The molecule has 1 unspecified atom stereocenters. The molecule has 5 rings (SSSR count). The Bertz CT molecular complexity index is 1390. The van der Waals surface area contributed by atoms with E-state index in [2.05, 4.69) is 77.6 Å². The van der Waals surface area contributed by atoms with Crippen LogP contribution in [0.3, 0.4) is 0 Å². The summed E-state index contributed by atoms with van der Waals surface area (Å²) in [6.07, 6.45) is 10.3. The summed E-state index contributed by atoms with van der Waals surface area (Å²) in [5.74, 6) is 2.83.